The number of unbranched alkanes of at least 4 members (excludes halogenated alkanes) is 3. The number of hydrogen-bond acceptors (Lipinski definition) is 2. The average molecular weight is 210 g/mol. The third kappa shape index (κ3) is 14.1. The summed E-state index contributed by atoms with van der Waals surface area (Å²) < 4.78 is 0. The van der Waals surface area contributed by atoms with Crippen LogP contribution in [0.1, 0.15) is 38.5 Å². The van der Waals surface area contributed by atoms with E-state index in [9.17, 15) is 9.59 Å². The van der Waals surface area contributed by atoms with Crippen molar-refractivity contribution in [3.63, 3.8) is 0 Å². The molecule has 5 heteroatoms. The van der Waals surface area contributed by atoms with E-state index in [1.54, 1.807) is 0 Å². The molecular formula is C8H16ClNO3. The fourth-order valence-electron chi connectivity index (χ4n) is 0.929. The maximum absolute atomic E-state index is 10.3. The quantitative estimate of drug-likeness (QED) is 0.621. The second-order valence-corrected chi connectivity index (χ2v) is 2.77. The minimum Gasteiger partial charge on any atom is -0.481 e. The van der Waals surface area contributed by atoms with Gasteiger partial charge >= 0.3 is 5.97 Å². The predicted octanol–water partition coefficient (Wildman–Crippen LogP) is 1.32. The molecule has 0 aliphatic heterocycles. The van der Waals surface area contributed by atoms with Gasteiger partial charge in [0.25, 0.3) is 0 Å². The van der Waals surface area contributed by atoms with Crippen LogP contribution in [0.25, 0.3) is 0 Å². The molecular weight excluding hydrogens is 194 g/mol. The molecule has 4 nitrogen and oxygen atoms in total. The van der Waals surface area contributed by atoms with Gasteiger partial charge in [0.15, 0.2) is 0 Å². The fraction of sp³-hybridized carbons (Fsp3) is 0.750. The van der Waals surface area contributed by atoms with Crippen molar-refractivity contribution in [1.82, 2.24) is 0 Å². The zero-order valence-corrected chi connectivity index (χ0v) is 8.31. The van der Waals surface area contributed by atoms with Gasteiger partial charge in [-0.25, -0.2) is 0 Å². The van der Waals surface area contributed by atoms with Gasteiger partial charge in [-0.05, 0) is 12.8 Å². The number of primary amides is 1. The average Bonchev–Trinajstić information content (AvgIpc) is 1.95. The minimum absolute atomic E-state index is 0. The van der Waals surface area contributed by atoms with Crippen LogP contribution >= 0.6 is 12.4 Å². The first-order valence-corrected chi connectivity index (χ1v) is 4.13. The summed E-state index contributed by atoms with van der Waals surface area (Å²) in [6, 6.07) is 0. The Balaban J connectivity index is 0. The molecule has 0 spiro atoms. The van der Waals surface area contributed by atoms with Gasteiger partial charge in [-0.2, -0.15) is 0 Å². The first kappa shape index (κ1) is 14.7. The summed E-state index contributed by atoms with van der Waals surface area (Å²) in [6.45, 7) is 0. The van der Waals surface area contributed by atoms with Crippen molar-refractivity contribution in [3.8, 4) is 0 Å². The fourth-order valence-corrected chi connectivity index (χ4v) is 0.929. The zero-order valence-electron chi connectivity index (χ0n) is 7.49. The molecule has 0 rings (SSSR count). The summed E-state index contributed by atoms with van der Waals surface area (Å²) in [6.07, 6.45) is 3.84. The van der Waals surface area contributed by atoms with Gasteiger partial charge in [-0.15, -0.1) is 12.4 Å². The number of rotatable bonds is 7. The summed E-state index contributed by atoms with van der Waals surface area (Å²) in [5, 5.41) is 8.28. The Morgan fingerprint density at radius 3 is 1.85 bits per heavy atom. The van der Waals surface area contributed by atoms with Gasteiger partial charge in [0.05, 0.1) is 0 Å². The van der Waals surface area contributed by atoms with E-state index in [1.807, 2.05) is 0 Å². The summed E-state index contributed by atoms with van der Waals surface area (Å²) in [4.78, 5) is 20.3. The SMILES string of the molecule is Cl.NC(=O)CCCCCCC(=O)O. The molecule has 0 aliphatic rings. The Labute approximate surface area is 83.9 Å². The molecule has 1 amide bonds. The first-order valence-electron chi connectivity index (χ1n) is 4.13. The van der Waals surface area contributed by atoms with E-state index < -0.39 is 5.97 Å². The lowest BCUT2D eigenvalue weighted by atomic mass is 10.1. The zero-order chi connectivity index (χ0) is 9.40. The molecule has 0 heterocycles. The summed E-state index contributed by atoms with van der Waals surface area (Å²) >= 11 is 0. The van der Waals surface area contributed by atoms with E-state index in [1.165, 1.54) is 0 Å². The third-order valence-electron chi connectivity index (χ3n) is 1.56. The molecule has 78 valence electrons. The van der Waals surface area contributed by atoms with Crippen LogP contribution in [-0.2, 0) is 9.59 Å². The van der Waals surface area contributed by atoms with Crippen LogP contribution in [0, 0.1) is 0 Å². The topological polar surface area (TPSA) is 80.4 Å². The second-order valence-electron chi connectivity index (χ2n) is 2.77. The molecule has 0 aromatic heterocycles. The maximum atomic E-state index is 10.3. The molecule has 0 saturated carbocycles. The molecule has 0 bridgehead atoms. The van der Waals surface area contributed by atoms with Gasteiger partial charge in [0, 0.05) is 12.8 Å². The minimum atomic E-state index is -0.759. The van der Waals surface area contributed by atoms with E-state index >= 15 is 0 Å². The van der Waals surface area contributed by atoms with Gasteiger partial charge in [-0.1, -0.05) is 12.8 Å². The van der Waals surface area contributed by atoms with Gasteiger partial charge in [0.1, 0.15) is 0 Å². The van der Waals surface area contributed by atoms with E-state index in [-0.39, 0.29) is 24.7 Å². The van der Waals surface area contributed by atoms with E-state index in [0.717, 1.165) is 19.3 Å². The first-order chi connectivity index (χ1) is 5.63. The Morgan fingerprint density at radius 1 is 1.00 bits per heavy atom. The number of aliphatic carboxylic acids is 1. The number of halogens is 1. The van der Waals surface area contributed by atoms with Crippen molar-refractivity contribution in [3.05, 3.63) is 0 Å². The molecule has 0 saturated heterocycles. The maximum Gasteiger partial charge on any atom is 0.303 e. The van der Waals surface area contributed by atoms with Crippen LogP contribution in [-0.4, -0.2) is 17.0 Å². The number of carboxylic acid groups (broad SMARTS) is 1. The molecule has 0 atom stereocenters. The van der Waals surface area contributed by atoms with Gasteiger partial charge < -0.3 is 10.8 Å². The van der Waals surface area contributed by atoms with Crippen molar-refractivity contribution in [2.75, 3.05) is 0 Å². The lowest BCUT2D eigenvalue weighted by Gasteiger charge is -1.96. The number of amides is 1. The number of nitrogens with two attached hydrogens (primary N) is 1. The highest BCUT2D eigenvalue weighted by atomic mass is 35.5. The second kappa shape index (κ2) is 9.32. The Kier molecular flexibility index (Phi) is 10.6. The Bertz CT molecular complexity index is 143. The van der Waals surface area contributed by atoms with Gasteiger partial charge in [0.2, 0.25) is 5.91 Å². The summed E-state index contributed by atoms with van der Waals surface area (Å²) in [5.41, 5.74) is 4.92. The van der Waals surface area contributed by atoms with E-state index in [0.29, 0.717) is 12.8 Å². The highest BCUT2D eigenvalue weighted by Crippen LogP contribution is 2.04. The van der Waals surface area contributed by atoms with E-state index in [2.05, 4.69) is 0 Å². The van der Waals surface area contributed by atoms with Crippen LogP contribution in [0.5, 0.6) is 0 Å². The van der Waals surface area contributed by atoms with Crippen LogP contribution in [0.2, 0.25) is 0 Å². The van der Waals surface area contributed by atoms with Crippen LogP contribution in [0.15, 0.2) is 0 Å². The third-order valence-corrected chi connectivity index (χ3v) is 1.56. The lowest BCUT2D eigenvalue weighted by Crippen LogP contribution is -2.09. The van der Waals surface area contributed by atoms with Crippen LogP contribution in [0.4, 0.5) is 0 Å². The molecule has 0 unspecified atom stereocenters. The molecule has 0 fully saturated rings. The van der Waals surface area contributed by atoms with Crippen molar-refractivity contribution in [1.29, 1.82) is 0 Å². The lowest BCUT2D eigenvalue weighted by molar-refractivity contribution is -0.137. The standard InChI is InChI=1S/C8H15NO3.ClH/c9-7(10)5-3-1-2-4-6-8(11)12;/h1-6H2,(H2,9,10)(H,11,12);1H. The summed E-state index contributed by atoms with van der Waals surface area (Å²) in [7, 11) is 0. The number of carboxylic acids is 1. The van der Waals surface area contributed by atoms with Gasteiger partial charge in [-0.3, -0.25) is 9.59 Å². The smallest absolute Gasteiger partial charge is 0.303 e. The molecule has 3 N–H and O–H groups in total. The Hall–Kier alpha value is -0.770. The van der Waals surface area contributed by atoms with Crippen LogP contribution in [0.3, 0.4) is 0 Å². The molecule has 0 aromatic rings. The molecule has 0 aliphatic carbocycles. The highest BCUT2D eigenvalue weighted by Gasteiger charge is 1.97. The van der Waals surface area contributed by atoms with Crippen molar-refractivity contribution in [2.24, 2.45) is 5.73 Å². The van der Waals surface area contributed by atoms with Crippen molar-refractivity contribution < 1.29 is 14.7 Å². The summed E-state index contributed by atoms with van der Waals surface area (Å²) in [5.74, 6) is -1.04. The monoisotopic (exact) mass is 209 g/mol. The Morgan fingerprint density at radius 2 is 1.46 bits per heavy atom. The highest BCUT2D eigenvalue weighted by molar-refractivity contribution is 5.85. The molecule has 0 aromatic carbocycles. The number of carbonyl (C=O) groups is 2. The largest absolute Gasteiger partial charge is 0.481 e. The number of hydrogen-bond donors (Lipinski definition) is 2. The van der Waals surface area contributed by atoms with Crippen molar-refractivity contribution >= 4 is 24.3 Å². The number of carbonyl (C=O) groups excluding carboxylic acids is 1. The van der Waals surface area contributed by atoms with Crippen LogP contribution < -0.4 is 5.73 Å². The van der Waals surface area contributed by atoms with Crippen molar-refractivity contribution in [2.45, 2.75) is 38.5 Å². The normalized spacial score (nSPS) is 8.92. The molecule has 13 heavy (non-hydrogen) atoms. The molecule has 0 radical (unpaired) electrons. The van der Waals surface area contributed by atoms with E-state index in [4.69, 9.17) is 10.8 Å². The predicted molar refractivity (Wildman–Crippen MR) is 51.8 cm³/mol.